The summed E-state index contributed by atoms with van der Waals surface area (Å²) < 4.78 is 6.16. The molecule has 1 aliphatic carbocycles. The van der Waals surface area contributed by atoms with Gasteiger partial charge in [0.05, 0.1) is 28.8 Å². The molecule has 0 aliphatic heterocycles. The molecular formula is C37H42ClN5O2. The lowest BCUT2D eigenvalue weighted by Crippen LogP contribution is -2.47. The molecule has 1 saturated carbocycles. The summed E-state index contributed by atoms with van der Waals surface area (Å²) in [5.41, 5.74) is 11.4. The molecule has 0 saturated heterocycles. The highest BCUT2D eigenvalue weighted by molar-refractivity contribution is 6.34. The van der Waals surface area contributed by atoms with Gasteiger partial charge in [-0.25, -0.2) is 0 Å². The molecule has 45 heavy (non-hydrogen) atoms. The minimum absolute atomic E-state index is 0.174. The number of hydrogen-bond acceptors (Lipinski definition) is 6. The molecule has 0 bridgehead atoms. The summed E-state index contributed by atoms with van der Waals surface area (Å²) in [6.45, 7) is 5.40. The van der Waals surface area contributed by atoms with Crippen molar-refractivity contribution in [1.29, 1.82) is 5.26 Å². The highest BCUT2D eigenvalue weighted by Gasteiger charge is 2.22. The molecule has 1 heterocycles. The van der Waals surface area contributed by atoms with Crippen molar-refractivity contribution in [2.75, 3.05) is 6.54 Å². The maximum absolute atomic E-state index is 13.7. The lowest BCUT2D eigenvalue weighted by atomic mass is 9.91. The fourth-order valence-corrected chi connectivity index (χ4v) is 5.98. The summed E-state index contributed by atoms with van der Waals surface area (Å²) in [6, 6.07) is 28.1. The molecular weight excluding hydrogens is 582 g/mol. The zero-order chi connectivity index (χ0) is 31.8. The minimum atomic E-state index is -0.242. The molecule has 7 nitrogen and oxygen atoms in total. The van der Waals surface area contributed by atoms with Crippen molar-refractivity contribution in [3.8, 4) is 17.4 Å². The summed E-state index contributed by atoms with van der Waals surface area (Å²) in [4.78, 5) is 13.7. The average Bonchev–Trinajstić information content (AvgIpc) is 3.53. The van der Waals surface area contributed by atoms with Crippen molar-refractivity contribution < 1.29 is 9.21 Å². The second kappa shape index (κ2) is 15.4. The highest BCUT2D eigenvalue weighted by Crippen LogP contribution is 2.28. The third-order valence-corrected chi connectivity index (χ3v) is 8.97. The van der Waals surface area contributed by atoms with E-state index in [4.69, 9.17) is 21.8 Å². The van der Waals surface area contributed by atoms with E-state index in [1.165, 1.54) is 11.1 Å². The minimum Gasteiger partial charge on any atom is -0.460 e. The molecule has 5 N–H and O–H groups in total. The quantitative estimate of drug-likeness (QED) is 0.137. The van der Waals surface area contributed by atoms with Gasteiger partial charge in [-0.1, -0.05) is 53.6 Å². The van der Waals surface area contributed by atoms with Crippen molar-refractivity contribution in [3.05, 3.63) is 117 Å². The first-order chi connectivity index (χ1) is 21.8. The zero-order valence-electron chi connectivity index (χ0n) is 26.0. The lowest BCUT2D eigenvalue weighted by Gasteiger charge is -2.29. The van der Waals surface area contributed by atoms with Crippen LogP contribution in [0.5, 0.6) is 0 Å². The van der Waals surface area contributed by atoms with Crippen LogP contribution in [0, 0.1) is 18.3 Å². The maximum Gasteiger partial charge on any atom is 0.253 e. The number of benzene rings is 3. The van der Waals surface area contributed by atoms with Crippen molar-refractivity contribution in [2.45, 2.75) is 76.7 Å². The SMILES string of the molecule is Cc1ccc(C(C)NCc2ccc(-c3ccc(Cl)c(C(=O)N[C@@H](CN[C@H]4CC[C@@H](N)CC4)Cc4ccc(C#N)cc4)c3)o2)cc1. The zero-order valence-corrected chi connectivity index (χ0v) is 26.7. The second-order valence-corrected chi connectivity index (χ2v) is 12.6. The van der Waals surface area contributed by atoms with Crippen LogP contribution in [-0.4, -0.2) is 30.6 Å². The van der Waals surface area contributed by atoms with Gasteiger partial charge in [-0.05, 0) is 99.5 Å². The van der Waals surface area contributed by atoms with Crippen LogP contribution < -0.4 is 21.7 Å². The molecule has 8 heteroatoms. The van der Waals surface area contributed by atoms with Gasteiger partial charge in [-0.3, -0.25) is 4.79 Å². The molecule has 0 spiro atoms. The second-order valence-electron chi connectivity index (χ2n) is 12.2. The van der Waals surface area contributed by atoms with E-state index in [9.17, 15) is 10.1 Å². The Kier molecular flexibility index (Phi) is 11.1. The first-order valence-electron chi connectivity index (χ1n) is 15.7. The lowest BCUT2D eigenvalue weighted by molar-refractivity contribution is 0.0935. The van der Waals surface area contributed by atoms with E-state index in [2.05, 4.69) is 60.1 Å². The van der Waals surface area contributed by atoms with Crippen LogP contribution in [0.1, 0.15) is 77.0 Å². The number of rotatable bonds is 12. The van der Waals surface area contributed by atoms with E-state index >= 15 is 0 Å². The first-order valence-corrected chi connectivity index (χ1v) is 16.1. The number of halogens is 1. The monoisotopic (exact) mass is 623 g/mol. The van der Waals surface area contributed by atoms with Crippen LogP contribution in [0.3, 0.4) is 0 Å². The molecule has 234 valence electrons. The molecule has 4 aromatic rings. The predicted molar refractivity (Wildman–Crippen MR) is 180 cm³/mol. The van der Waals surface area contributed by atoms with E-state index in [-0.39, 0.29) is 24.0 Å². The highest BCUT2D eigenvalue weighted by atomic mass is 35.5. The van der Waals surface area contributed by atoms with E-state index < -0.39 is 0 Å². The van der Waals surface area contributed by atoms with Crippen molar-refractivity contribution in [1.82, 2.24) is 16.0 Å². The van der Waals surface area contributed by atoms with Gasteiger partial charge in [0.2, 0.25) is 0 Å². The first kappa shape index (κ1) is 32.5. The van der Waals surface area contributed by atoms with Crippen LogP contribution in [0.25, 0.3) is 11.3 Å². The fraction of sp³-hybridized carbons (Fsp3) is 0.351. The Hall–Kier alpha value is -3.93. The Morgan fingerprint density at radius 2 is 1.76 bits per heavy atom. The van der Waals surface area contributed by atoms with Gasteiger partial charge in [0, 0.05) is 36.3 Å². The van der Waals surface area contributed by atoms with Gasteiger partial charge in [-0.15, -0.1) is 0 Å². The molecule has 5 rings (SSSR count). The third kappa shape index (κ3) is 9.06. The molecule has 2 atom stereocenters. The Bertz CT molecular complexity index is 1600. The van der Waals surface area contributed by atoms with E-state index in [1.54, 1.807) is 24.3 Å². The standard InChI is InChI=1S/C37H42ClN5O2/c1-24-3-9-28(10-4-24)25(2)41-23-33-16-18-36(45-33)29-11-17-35(38)34(20-29)37(44)43-32(19-26-5-7-27(21-39)8-6-26)22-42-31-14-12-30(40)13-15-31/h3-11,16-18,20,25,30-32,41-42H,12-15,19,22-23,40H2,1-2H3,(H,43,44)/t25?,30-,31+,32-/m1/s1. The van der Waals surface area contributed by atoms with E-state index in [0.29, 0.717) is 47.5 Å². The van der Waals surface area contributed by atoms with Gasteiger partial charge in [-0.2, -0.15) is 5.26 Å². The average molecular weight is 624 g/mol. The number of carbonyl (C=O) groups is 1. The number of furan rings is 1. The number of hydrogen-bond donors (Lipinski definition) is 4. The normalized spacial score (nSPS) is 17.8. The summed E-state index contributed by atoms with van der Waals surface area (Å²) in [6.07, 6.45) is 4.67. The van der Waals surface area contributed by atoms with E-state index in [0.717, 1.165) is 42.6 Å². The van der Waals surface area contributed by atoms with Crippen LogP contribution in [0.15, 0.2) is 83.3 Å². The van der Waals surface area contributed by atoms with Crippen LogP contribution in [-0.2, 0) is 13.0 Å². The molecule has 1 aliphatic rings. The number of nitrogens with one attached hydrogen (secondary N) is 3. The molecule has 1 amide bonds. The number of nitriles is 1. The molecule has 1 aromatic heterocycles. The number of carbonyl (C=O) groups excluding carboxylic acids is 1. The van der Waals surface area contributed by atoms with Gasteiger partial charge in [0.25, 0.3) is 5.91 Å². The number of nitrogens with two attached hydrogens (primary N) is 1. The van der Waals surface area contributed by atoms with Crippen molar-refractivity contribution in [3.63, 3.8) is 0 Å². The van der Waals surface area contributed by atoms with Crippen LogP contribution in [0.2, 0.25) is 5.02 Å². The van der Waals surface area contributed by atoms with Gasteiger partial charge in [0.15, 0.2) is 0 Å². The summed E-state index contributed by atoms with van der Waals surface area (Å²) >= 11 is 6.57. The van der Waals surface area contributed by atoms with Gasteiger partial charge < -0.3 is 26.1 Å². The number of aryl methyl sites for hydroxylation is 1. The van der Waals surface area contributed by atoms with Crippen molar-refractivity contribution in [2.24, 2.45) is 5.73 Å². The van der Waals surface area contributed by atoms with Crippen LogP contribution >= 0.6 is 11.6 Å². The predicted octanol–water partition coefficient (Wildman–Crippen LogP) is 6.83. The van der Waals surface area contributed by atoms with Crippen molar-refractivity contribution >= 4 is 17.5 Å². The topological polar surface area (TPSA) is 116 Å². The Morgan fingerprint density at radius 1 is 1.02 bits per heavy atom. The van der Waals surface area contributed by atoms with E-state index in [1.807, 2.05) is 30.3 Å². The largest absolute Gasteiger partial charge is 0.460 e. The third-order valence-electron chi connectivity index (χ3n) is 8.64. The summed E-state index contributed by atoms with van der Waals surface area (Å²) in [7, 11) is 0. The maximum atomic E-state index is 13.7. The Balaban J connectivity index is 1.25. The van der Waals surface area contributed by atoms with Gasteiger partial charge in [0.1, 0.15) is 11.5 Å². The number of nitrogens with zero attached hydrogens (tertiary/aromatic N) is 1. The van der Waals surface area contributed by atoms with Crippen LogP contribution in [0.4, 0.5) is 0 Å². The smallest absolute Gasteiger partial charge is 0.253 e. The summed E-state index contributed by atoms with van der Waals surface area (Å²) in [5.74, 6) is 1.24. The Labute approximate surface area is 271 Å². The Morgan fingerprint density at radius 3 is 2.47 bits per heavy atom. The molecule has 3 aromatic carbocycles. The molecule has 0 radical (unpaired) electrons. The molecule has 1 fully saturated rings. The van der Waals surface area contributed by atoms with Gasteiger partial charge >= 0.3 is 0 Å². The molecule has 1 unspecified atom stereocenters. The fourth-order valence-electron chi connectivity index (χ4n) is 5.78. The number of amides is 1. The summed E-state index contributed by atoms with van der Waals surface area (Å²) in [5, 5.41) is 20.0.